The fraction of sp³-hybridized carbons (Fsp3) is 0.480. The third kappa shape index (κ3) is 4.72. The average Bonchev–Trinajstić information content (AvgIpc) is 3.35. The summed E-state index contributed by atoms with van der Waals surface area (Å²) < 4.78 is 22.5. The summed E-state index contributed by atoms with van der Waals surface area (Å²) in [5.41, 5.74) is 2.17. The van der Waals surface area contributed by atoms with Crippen LogP contribution in [0.2, 0.25) is 0 Å². The number of benzene rings is 1. The van der Waals surface area contributed by atoms with E-state index in [1.54, 1.807) is 6.07 Å². The van der Waals surface area contributed by atoms with E-state index in [0.29, 0.717) is 18.0 Å². The summed E-state index contributed by atoms with van der Waals surface area (Å²) in [5.74, 6) is -0.246. The molecule has 0 spiro atoms. The van der Waals surface area contributed by atoms with Gasteiger partial charge in [-0.2, -0.15) is 9.65 Å². The molecule has 0 amide bonds. The van der Waals surface area contributed by atoms with E-state index in [2.05, 4.69) is 27.4 Å². The summed E-state index contributed by atoms with van der Waals surface area (Å²) in [6.07, 6.45) is 5.85. The Bertz CT molecular complexity index is 1200. The summed E-state index contributed by atoms with van der Waals surface area (Å²) in [4.78, 5) is 5.86. The van der Waals surface area contributed by atoms with Gasteiger partial charge in [-0.25, -0.2) is 4.98 Å². The number of aromatic nitrogens is 3. The Balaban J connectivity index is 1.49. The first-order valence-electron chi connectivity index (χ1n) is 11.3. The number of imidazole rings is 1. The first kappa shape index (κ1) is 22.8. The molecule has 0 saturated heterocycles. The molecular weight excluding hydrogens is 421 g/mol. The smallest absolute Gasteiger partial charge is 0.270 e. The Morgan fingerprint density at radius 3 is 2.79 bits per heavy atom. The SMILES string of the molecule is C=C(O)N(CC1CCCC(Cn2cnc3ccc(C#N)cc32)C1)c1onc(C(C)(C)C)c1F. The van der Waals surface area contributed by atoms with Crippen molar-refractivity contribution in [3.63, 3.8) is 0 Å². The number of nitrogens with zero attached hydrogens (tertiary/aromatic N) is 5. The van der Waals surface area contributed by atoms with Crippen LogP contribution < -0.4 is 4.90 Å². The molecule has 1 aromatic carbocycles. The van der Waals surface area contributed by atoms with E-state index in [4.69, 9.17) is 4.52 Å². The molecule has 0 radical (unpaired) electrons. The van der Waals surface area contributed by atoms with Crippen LogP contribution in [0.3, 0.4) is 0 Å². The normalized spacial score (nSPS) is 18.9. The van der Waals surface area contributed by atoms with Gasteiger partial charge < -0.3 is 14.2 Å². The van der Waals surface area contributed by atoms with Gasteiger partial charge in [-0.15, -0.1) is 0 Å². The lowest BCUT2D eigenvalue weighted by molar-refractivity contribution is 0.239. The van der Waals surface area contributed by atoms with Gasteiger partial charge in [-0.1, -0.05) is 32.3 Å². The lowest BCUT2D eigenvalue weighted by Crippen LogP contribution is -2.32. The van der Waals surface area contributed by atoms with Crippen molar-refractivity contribution in [2.75, 3.05) is 11.4 Å². The zero-order valence-corrected chi connectivity index (χ0v) is 19.4. The zero-order chi connectivity index (χ0) is 23.8. The van der Waals surface area contributed by atoms with Crippen LogP contribution in [-0.4, -0.2) is 26.4 Å². The van der Waals surface area contributed by atoms with Crippen LogP contribution in [-0.2, 0) is 12.0 Å². The third-order valence-corrected chi connectivity index (χ3v) is 6.42. The molecule has 1 aliphatic rings. The molecule has 2 atom stereocenters. The minimum atomic E-state index is -0.553. The Labute approximate surface area is 193 Å². The Hall–Kier alpha value is -3.34. The van der Waals surface area contributed by atoms with E-state index >= 15 is 4.39 Å². The molecule has 4 rings (SSSR count). The summed E-state index contributed by atoms with van der Waals surface area (Å²) in [6, 6.07) is 7.71. The van der Waals surface area contributed by atoms with Crippen LogP contribution in [0.4, 0.5) is 10.3 Å². The molecule has 0 aliphatic heterocycles. The number of aliphatic hydroxyl groups is 1. The highest BCUT2D eigenvalue weighted by Crippen LogP contribution is 2.36. The molecular formula is C25H30FN5O2. The van der Waals surface area contributed by atoms with Gasteiger partial charge >= 0.3 is 0 Å². The van der Waals surface area contributed by atoms with Gasteiger partial charge in [0.2, 0.25) is 5.82 Å². The van der Waals surface area contributed by atoms with Crippen molar-refractivity contribution in [2.24, 2.45) is 11.8 Å². The van der Waals surface area contributed by atoms with Crippen LogP contribution in [0.5, 0.6) is 0 Å². The quantitative estimate of drug-likeness (QED) is 0.485. The van der Waals surface area contributed by atoms with Gasteiger partial charge in [0.25, 0.3) is 5.88 Å². The molecule has 1 aliphatic carbocycles. The molecule has 174 valence electrons. The molecule has 1 N–H and O–H groups in total. The van der Waals surface area contributed by atoms with Gasteiger partial charge in [0, 0.05) is 18.5 Å². The Morgan fingerprint density at radius 1 is 1.36 bits per heavy atom. The summed E-state index contributed by atoms with van der Waals surface area (Å²) >= 11 is 0. The summed E-state index contributed by atoms with van der Waals surface area (Å²) in [5, 5.41) is 23.3. The minimum absolute atomic E-state index is 0.0841. The highest BCUT2D eigenvalue weighted by Gasteiger charge is 2.32. The molecule has 2 aromatic heterocycles. The van der Waals surface area contributed by atoms with E-state index in [1.165, 1.54) is 4.90 Å². The minimum Gasteiger partial charge on any atom is -0.495 e. The number of hydrogen-bond donors (Lipinski definition) is 1. The van der Waals surface area contributed by atoms with Crippen LogP contribution in [0, 0.1) is 29.0 Å². The van der Waals surface area contributed by atoms with Gasteiger partial charge in [0.05, 0.1) is 29.0 Å². The van der Waals surface area contributed by atoms with Gasteiger partial charge in [0.15, 0.2) is 5.88 Å². The number of fused-ring (bicyclic) bond motifs is 1. The van der Waals surface area contributed by atoms with E-state index in [9.17, 15) is 10.4 Å². The fourth-order valence-corrected chi connectivity index (χ4v) is 4.75. The first-order chi connectivity index (χ1) is 15.7. The maximum atomic E-state index is 15.0. The molecule has 1 fully saturated rings. The average molecular weight is 452 g/mol. The molecule has 0 bridgehead atoms. The monoisotopic (exact) mass is 451 g/mol. The predicted octanol–water partition coefficient (Wildman–Crippen LogP) is 5.67. The second-order valence-electron chi connectivity index (χ2n) is 10.0. The molecule has 1 saturated carbocycles. The Morgan fingerprint density at radius 2 is 2.12 bits per heavy atom. The van der Waals surface area contributed by atoms with Crippen LogP contribution in [0.15, 0.2) is 41.5 Å². The second kappa shape index (κ2) is 8.89. The van der Waals surface area contributed by atoms with E-state index in [1.807, 2.05) is 39.2 Å². The summed E-state index contributed by atoms with van der Waals surface area (Å²) in [6.45, 7) is 10.4. The molecule has 3 aromatic rings. The van der Waals surface area contributed by atoms with Gasteiger partial charge in [-0.3, -0.25) is 4.90 Å². The first-order valence-corrected chi connectivity index (χ1v) is 11.3. The number of halogens is 1. The van der Waals surface area contributed by atoms with Crippen molar-refractivity contribution in [3.8, 4) is 6.07 Å². The summed E-state index contributed by atoms with van der Waals surface area (Å²) in [7, 11) is 0. The van der Waals surface area contributed by atoms with Crippen LogP contribution >= 0.6 is 0 Å². The van der Waals surface area contributed by atoms with Gasteiger partial charge in [0.1, 0.15) is 5.69 Å². The number of anilines is 1. The highest BCUT2D eigenvalue weighted by molar-refractivity contribution is 5.76. The predicted molar refractivity (Wildman–Crippen MR) is 124 cm³/mol. The van der Waals surface area contributed by atoms with Crippen molar-refractivity contribution in [3.05, 3.63) is 54.1 Å². The lowest BCUT2D eigenvalue weighted by atomic mass is 9.81. The van der Waals surface area contributed by atoms with Crippen LogP contribution in [0.1, 0.15) is 57.7 Å². The zero-order valence-electron chi connectivity index (χ0n) is 19.4. The van der Waals surface area contributed by atoms with Crippen molar-refractivity contribution in [1.29, 1.82) is 5.26 Å². The number of nitriles is 1. The highest BCUT2D eigenvalue weighted by atomic mass is 19.1. The molecule has 7 nitrogen and oxygen atoms in total. The maximum Gasteiger partial charge on any atom is 0.270 e. The second-order valence-corrected chi connectivity index (χ2v) is 10.0. The lowest BCUT2D eigenvalue weighted by Gasteiger charge is -2.32. The van der Waals surface area contributed by atoms with E-state index < -0.39 is 11.2 Å². The molecule has 2 unspecified atom stereocenters. The van der Waals surface area contributed by atoms with Crippen molar-refractivity contribution < 1.29 is 14.0 Å². The standard InChI is InChI=1S/C25H30FN5O2/c1-16(32)31(24-22(26)23(29-33-24)25(2,3)4)14-19-7-5-6-18(10-19)13-30-15-28-20-9-8-17(12-27)11-21(20)30/h8-9,11,15,18-19,32H,1,5-7,10,13-14H2,2-4H3. The van der Waals surface area contributed by atoms with Gasteiger partial charge in [-0.05, 0) is 55.9 Å². The number of aliphatic hydroxyl groups excluding tert-OH is 1. The van der Waals surface area contributed by atoms with E-state index in [-0.39, 0.29) is 23.4 Å². The Kier molecular flexibility index (Phi) is 6.15. The maximum absolute atomic E-state index is 15.0. The molecule has 2 heterocycles. The molecule has 33 heavy (non-hydrogen) atoms. The van der Waals surface area contributed by atoms with Crippen molar-refractivity contribution in [1.82, 2.24) is 14.7 Å². The van der Waals surface area contributed by atoms with E-state index in [0.717, 1.165) is 43.3 Å². The van der Waals surface area contributed by atoms with Crippen LogP contribution in [0.25, 0.3) is 11.0 Å². The third-order valence-electron chi connectivity index (χ3n) is 6.42. The molecule has 8 heteroatoms. The topological polar surface area (TPSA) is 91.1 Å². The van der Waals surface area contributed by atoms with Crippen molar-refractivity contribution >= 4 is 16.9 Å². The fourth-order valence-electron chi connectivity index (χ4n) is 4.75. The number of rotatable bonds is 6. The van der Waals surface area contributed by atoms with Crippen molar-refractivity contribution in [2.45, 2.75) is 58.4 Å². The number of hydrogen-bond acceptors (Lipinski definition) is 6. The largest absolute Gasteiger partial charge is 0.495 e.